The Labute approximate surface area is 207 Å². The van der Waals surface area contributed by atoms with E-state index in [1.807, 2.05) is 37.3 Å². The summed E-state index contributed by atoms with van der Waals surface area (Å²) >= 11 is 0. The van der Waals surface area contributed by atoms with Gasteiger partial charge in [-0.2, -0.15) is 5.10 Å². The average Bonchev–Trinajstić information content (AvgIpc) is 3.61. The second kappa shape index (κ2) is 8.37. The van der Waals surface area contributed by atoms with E-state index in [0.717, 1.165) is 21.7 Å². The number of hydrogen-bond acceptors (Lipinski definition) is 6. The molecule has 4 amide bonds. The van der Waals surface area contributed by atoms with Crippen LogP contribution in [0.25, 0.3) is 0 Å². The number of rotatable bonds is 4. The van der Waals surface area contributed by atoms with Crippen LogP contribution in [-0.4, -0.2) is 46.6 Å². The lowest BCUT2D eigenvalue weighted by Crippen LogP contribution is -2.48. The Morgan fingerprint density at radius 2 is 1.92 bits per heavy atom. The van der Waals surface area contributed by atoms with Gasteiger partial charge in [-0.25, -0.2) is 9.80 Å². The highest BCUT2D eigenvalue weighted by atomic mass is 16.5. The maximum Gasteiger partial charge on any atom is 0.325 e. The van der Waals surface area contributed by atoms with Crippen molar-refractivity contribution in [1.29, 1.82) is 0 Å². The van der Waals surface area contributed by atoms with Crippen LogP contribution in [-0.2, 0) is 15.1 Å². The number of benzene rings is 2. The van der Waals surface area contributed by atoms with Gasteiger partial charge in [-0.3, -0.25) is 14.5 Å². The summed E-state index contributed by atoms with van der Waals surface area (Å²) in [7, 11) is 0. The fourth-order valence-corrected chi connectivity index (χ4v) is 5.09. The molecule has 0 aliphatic carbocycles. The van der Waals surface area contributed by atoms with E-state index in [2.05, 4.69) is 10.4 Å². The van der Waals surface area contributed by atoms with E-state index in [1.165, 1.54) is 5.01 Å². The van der Waals surface area contributed by atoms with E-state index in [4.69, 9.17) is 9.15 Å². The van der Waals surface area contributed by atoms with Gasteiger partial charge >= 0.3 is 6.03 Å². The number of furan rings is 1. The molecule has 9 heteroatoms. The number of hydrogen-bond donors (Lipinski definition) is 1. The van der Waals surface area contributed by atoms with E-state index in [9.17, 15) is 14.4 Å². The topological polar surface area (TPSA) is 104 Å². The van der Waals surface area contributed by atoms with Crippen LogP contribution >= 0.6 is 0 Å². The van der Waals surface area contributed by atoms with Crippen molar-refractivity contribution in [3.8, 4) is 5.75 Å². The molecule has 3 aromatic rings. The number of fused-ring (bicyclic) bond motifs is 2. The summed E-state index contributed by atoms with van der Waals surface area (Å²) in [4.78, 5) is 41.1. The van der Waals surface area contributed by atoms with Crippen LogP contribution in [0.5, 0.6) is 5.75 Å². The molecule has 1 aromatic heterocycles. The van der Waals surface area contributed by atoms with Crippen molar-refractivity contribution in [2.24, 2.45) is 5.10 Å². The Morgan fingerprint density at radius 3 is 2.69 bits per heavy atom. The molecule has 0 unspecified atom stereocenters. The molecule has 0 radical (unpaired) electrons. The van der Waals surface area contributed by atoms with Crippen molar-refractivity contribution in [3.05, 3.63) is 89.4 Å². The van der Waals surface area contributed by atoms with Gasteiger partial charge in [-0.1, -0.05) is 48.0 Å². The van der Waals surface area contributed by atoms with Gasteiger partial charge in [0.15, 0.2) is 5.54 Å². The average molecular weight is 485 g/mol. The molecule has 0 saturated carbocycles. The van der Waals surface area contributed by atoms with Crippen LogP contribution in [0, 0.1) is 6.92 Å². The van der Waals surface area contributed by atoms with Crippen LogP contribution in [0.2, 0.25) is 0 Å². The molecule has 3 aliphatic heterocycles. The smallest absolute Gasteiger partial charge is 0.325 e. The fourth-order valence-electron chi connectivity index (χ4n) is 5.09. The van der Waals surface area contributed by atoms with Crippen LogP contribution in [0.15, 0.2) is 76.4 Å². The zero-order chi connectivity index (χ0) is 24.9. The maximum atomic E-state index is 13.6. The third-order valence-electron chi connectivity index (χ3n) is 6.97. The molecule has 1 fully saturated rings. The monoisotopic (exact) mass is 484 g/mol. The standard InChI is InChI=1S/C27H24N4O5/c1-17-8-10-18(11-9-17)20-15-21(23-7-4-13-35-23)31(29-20)24(32)16-30-25(33)27(28-26(30)34)12-14-36-22-6-3-2-5-19(22)27/h2-11,13,21H,12,14-16H2,1H3,(H,28,34)/t21-,27-/m0/s1. The molecule has 1 spiro atoms. The van der Waals surface area contributed by atoms with Crippen molar-refractivity contribution in [3.63, 3.8) is 0 Å². The van der Waals surface area contributed by atoms with Crippen molar-refractivity contribution < 1.29 is 23.5 Å². The third kappa shape index (κ3) is 3.46. The first-order valence-corrected chi connectivity index (χ1v) is 11.8. The lowest BCUT2D eigenvalue weighted by Gasteiger charge is -2.33. The number of hydrazone groups is 1. The number of ether oxygens (including phenoxy) is 1. The maximum absolute atomic E-state index is 13.6. The largest absolute Gasteiger partial charge is 0.493 e. The van der Waals surface area contributed by atoms with E-state index in [1.54, 1.807) is 36.6 Å². The highest BCUT2D eigenvalue weighted by Crippen LogP contribution is 2.41. The van der Waals surface area contributed by atoms with Crippen LogP contribution in [0.4, 0.5) is 4.79 Å². The first-order valence-electron chi connectivity index (χ1n) is 11.8. The number of imide groups is 1. The molecular formula is C27H24N4O5. The first-order chi connectivity index (χ1) is 17.5. The molecule has 36 heavy (non-hydrogen) atoms. The molecule has 4 heterocycles. The van der Waals surface area contributed by atoms with E-state index in [-0.39, 0.29) is 13.0 Å². The van der Waals surface area contributed by atoms with Gasteiger partial charge < -0.3 is 14.5 Å². The van der Waals surface area contributed by atoms with Crippen molar-refractivity contribution in [2.45, 2.75) is 31.3 Å². The van der Waals surface area contributed by atoms with Crippen LogP contribution in [0.1, 0.15) is 41.3 Å². The van der Waals surface area contributed by atoms with Crippen LogP contribution < -0.4 is 10.1 Å². The Hall–Kier alpha value is -4.40. The number of nitrogens with one attached hydrogen (secondary N) is 1. The predicted octanol–water partition coefficient (Wildman–Crippen LogP) is 3.50. The summed E-state index contributed by atoms with van der Waals surface area (Å²) in [5.41, 5.74) is 2.11. The van der Waals surface area contributed by atoms with Gasteiger partial charge in [0.2, 0.25) is 0 Å². The van der Waals surface area contributed by atoms with Gasteiger partial charge in [0, 0.05) is 18.4 Å². The fraction of sp³-hybridized carbons (Fsp3) is 0.259. The minimum absolute atomic E-state index is 0.279. The zero-order valence-corrected chi connectivity index (χ0v) is 19.6. The summed E-state index contributed by atoms with van der Waals surface area (Å²) in [6, 6.07) is 17.5. The normalized spacial score (nSPS) is 22.9. The minimum Gasteiger partial charge on any atom is -0.493 e. The molecular weight excluding hydrogens is 460 g/mol. The van der Waals surface area contributed by atoms with Gasteiger partial charge in [0.1, 0.15) is 24.1 Å². The SMILES string of the molecule is Cc1ccc(C2=NN(C(=O)CN3C(=O)N[C@]4(CCOc5ccccc54)C3=O)[C@H](c3ccco3)C2)cc1. The Bertz CT molecular complexity index is 1380. The summed E-state index contributed by atoms with van der Waals surface area (Å²) in [6.07, 6.45) is 2.29. The molecule has 3 aliphatic rings. The Morgan fingerprint density at radius 1 is 1.11 bits per heavy atom. The molecule has 6 rings (SSSR count). The summed E-state index contributed by atoms with van der Waals surface area (Å²) in [5, 5.41) is 8.77. The minimum atomic E-state index is -1.24. The number of amides is 4. The van der Waals surface area contributed by atoms with E-state index >= 15 is 0 Å². The third-order valence-corrected chi connectivity index (χ3v) is 6.97. The van der Waals surface area contributed by atoms with E-state index < -0.39 is 36.0 Å². The lowest BCUT2D eigenvalue weighted by molar-refractivity contribution is -0.140. The van der Waals surface area contributed by atoms with Gasteiger partial charge in [-0.15, -0.1) is 0 Å². The molecule has 2 atom stereocenters. The van der Waals surface area contributed by atoms with Crippen molar-refractivity contribution >= 4 is 23.6 Å². The molecule has 182 valence electrons. The highest BCUT2D eigenvalue weighted by Gasteiger charge is 2.55. The van der Waals surface area contributed by atoms with E-state index in [0.29, 0.717) is 23.5 Å². The highest BCUT2D eigenvalue weighted by molar-refractivity contribution is 6.10. The molecule has 1 N–H and O–H groups in total. The van der Waals surface area contributed by atoms with Gasteiger partial charge in [0.25, 0.3) is 11.8 Å². The van der Waals surface area contributed by atoms with Gasteiger partial charge in [0.05, 0.1) is 18.6 Å². The Balaban J connectivity index is 1.29. The summed E-state index contributed by atoms with van der Waals surface area (Å²) in [5.74, 6) is 0.198. The number of carbonyl (C=O) groups excluding carboxylic acids is 3. The number of urea groups is 1. The molecule has 1 saturated heterocycles. The summed E-state index contributed by atoms with van der Waals surface area (Å²) < 4.78 is 11.3. The van der Waals surface area contributed by atoms with Crippen molar-refractivity contribution in [1.82, 2.24) is 15.2 Å². The quantitative estimate of drug-likeness (QED) is 0.571. The molecule has 9 nitrogen and oxygen atoms in total. The number of para-hydroxylation sites is 1. The Kier molecular flexibility index (Phi) is 5.13. The number of carbonyl (C=O) groups is 3. The summed E-state index contributed by atoms with van der Waals surface area (Å²) in [6.45, 7) is 1.85. The van der Waals surface area contributed by atoms with Gasteiger partial charge in [-0.05, 0) is 30.7 Å². The predicted molar refractivity (Wildman–Crippen MR) is 129 cm³/mol. The van der Waals surface area contributed by atoms with Crippen LogP contribution in [0.3, 0.4) is 0 Å². The molecule has 0 bridgehead atoms. The molecule has 2 aromatic carbocycles. The second-order valence-electron chi connectivity index (χ2n) is 9.21. The lowest BCUT2D eigenvalue weighted by atomic mass is 9.84. The van der Waals surface area contributed by atoms with Crippen molar-refractivity contribution in [2.75, 3.05) is 13.2 Å². The second-order valence-corrected chi connectivity index (χ2v) is 9.21. The first kappa shape index (κ1) is 22.1. The number of nitrogens with zero attached hydrogens (tertiary/aromatic N) is 3. The number of aryl methyl sites for hydroxylation is 1. The zero-order valence-electron chi connectivity index (χ0n) is 19.6.